The van der Waals surface area contributed by atoms with Crippen molar-refractivity contribution in [3.63, 3.8) is 0 Å². The standard InChI is InChI=1S/C8H13N.C2H6/c1-4-9-7-5-6-8(2)3;1-2/h4-7H,1-3H3;1-2H3/b7-5-,9-4?;. The van der Waals surface area contributed by atoms with Crippen LogP contribution in [0.15, 0.2) is 28.9 Å². The van der Waals surface area contributed by atoms with E-state index < -0.39 is 0 Å². The van der Waals surface area contributed by atoms with E-state index in [0.29, 0.717) is 0 Å². The van der Waals surface area contributed by atoms with E-state index in [1.165, 1.54) is 5.57 Å². The van der Waals surface area contributed by atoms with Crippen LogP contribution >= 0.6 is 0 Å². The molecule has 1 nitrogen and oxygen atoms in total. The summed E-state index contributed by atoms with van der Waals surface area (Å²) in [6.45, 7) is 10.0. The second kappa shape index (κ2) is 11.9. The minimum absolute atomic E-state index is 1.29. The fourth-order valence-electron chi connectivity index (χ4n) is 0.371. The topological polar surface area (TPSA) is 12.4 Å². The average Bonchev–Trinajstić information content (AvgIpc) is 2.02. The van der Waals surface area contributed by atoms with E-state index in [2.05, 4.69) is 18.8 Å². The van der Waals surface area contributed by atoms with E-state index in [4.69, 9.17) is 0 Å². The average molecular weight is 153 g/mol. The van der Waals surface area contributed by atoms with E-state index in [9.17, 15) is 0 Å². The molecule has 0 atom stereocenters. The molecule has 0 aliphatic rings. The van der Waals surface area contributed by atoms with Crippen LogP contribution in [-0.4, -0.2) is 6.21 Å². The van der Waals surface area contributed by atoms with Crippen molar-refractivity contribution in [2.75, 3.05) is 0 Å². The summed E-state index contributed by atoms with van der Waals surface area (Å²) in [6, 6.07) is 0. The molecule has 11 heavy (non-hydrogen) atoms. The SMILES string of the molecule is CC.CC=N/C=C\C=C(C)C. The van der Waals surface area contributed by atoms with Gasteiger partial charge in [-0.2, -0.15) is 0 Å². The summed E-state index contributed by atoms with van der Waals surface area (Å²) in [5.74, 6) is 0. The molecule has 0 aromatic carbocycles. The molecule has 0 N–H and O–H groups in total. The Balaban J connectivity index is 0. The predicted octanol–water partition coefficient (Wildman–Crippen LogP) is 3.58. The van der Waals surface area contributed by atoms with Crippen LogP contribution < -0.4 is 0 Å². The molecule has 0 fully saturated rings. The summed E-state index contributed by atoms with van der Waals surface area (Å²) in [4.78, 5) is 3.89. The summed E-state index contributed by atoms with van der Waals surface area (Å²) in [6.07, 6.45) is 7.48. The summed E-state index contributed by atoms with van der Waals surface area (Å²) in [7, 11) is 0. The van der Waals surface area contributed by atoms with Gasteiger partial charge in [0.1, 0.15) is 0 Å². The highest BCUT2D eigenvalue weighted by Crippen LogP contribution is 1.88. The van der Waals surface area contributed by atoms with Crippen molar-refractivity contribution in [3.8, 4) is 0 Å². The summed E-state index contributed by atoms with van der Waals surface area (Å²) >= 11 is 0. The molecule has 0 unspecified atom stereocenters. The van der Waals surface area contributed by atoms with Gasteiger partial charge in [0, 0.05) is 12.4 Å². The van der Waals surface area contributed by atoms with Crippen LogP contribution in [0.5, 0.6) is 0 Å². The van der Waals surface area contributed by atoms with Gasteiger partial charge in [-0.25, -0.2) is 0 Å². The van der Waals surface area contributed by atoms with Crippen LogP contribution in [0, 0.1) is 0 Å². The third kappa shape index (κ3) is 17.6. The van der Waals surface area contributed by atoms with Crippen LogP contribution in [0.1, 0.15) is 34.6 Å². The van der Waals surface area contributed by atoms with Gasteiger partial charge >= 0.3 is 0 Å². The van der Waals surface area contributed by atoms with Crippen molar-refractivity contribution in [2.24, 2.45) is 4.99 Å². The van der Waals surface area contributed by atoms with Crippen molar-refractivity contribution < 1.29 is 0 Å². The lowest BCUT2D eigenvalue weighted by atomic mass is 10.3. The van der Waals surface area contributed by atoms with Gasteiger partial charge in [0.25, 0.3) is 0 Å². The Bertz CT molecular complexity index is 137. The number of hydrogen-bond donors (Lipinski definition) is 0. The van der Waals surface area contributed by atoms with Gasteiger partial charge < -0.3 is 0 Å². The molecule has 0 saturated carbocycles. The number of nitrogens with zero attached hydrogens (tertiary/aromatic N) is 1. The van der Waals surface area contributed by atoms with E-state index in [1.54, 1.807) is 12.4 Å². The van der Waals surface area contributed by atoms with Gasteiger partial charge in [0.2, 0.25) is 0 Å². The lowest BCUT2D eigenvalue weighted by Gasteiger charge is -1.79. The number of aliphatic imine (C=N–C) groups is 1. The molecule has 0 aromatic rings. The molecule has 64 valence electrons. The smallest absolute Gasteiger partial charge is 0.0263 e. The number of rotatable bonds is 2. The monoisotopic (exact) mass is 153 g/mol. The summed E-state index contributed by atoms with van der Waals surface area (Å²) in [5.41, 5.74) is 1.29. The molecular formula is C10H19N. The van der Waals surface area contributed by atoms with E-state index >= 15 is 0 Å². The fraction of sp³-hybridized carbons (Fsp3) is 0.500. The third-order valence-electron chi connectivity index (χ3n) is 0.751. The minimum Gasteiger partial charge on any atom is -0.269 e. The van der Waals surface area contributed by atoms with Crippen molar-refractivity contribution in [1.29, 1.82) is 0 Å². The Morgan fingerprint density at radius 1 is 1.18 bits per heavy atom. The molecule has 0 aromatic heterocycles. The molecule has 0 heterocycles. The first-order chi connectivity index (χ1) is 5.27. The van der Waals surface area contributed by atoms with Crippen molar-refractivity contribution in [1.82, 2.24) is 0 Å². The van der Waals surface area contributed by atoms with Crippen molar-refractivity contribution in [3.05, 3.63) is 23.9 Å². The molecule has 1 heteroatoms. The van der Waals surface area contributed by atoms with E-state index in [-0.39, 0.29) is 0 Å². The van der Waals surface area contributed by atoms with Crippen LogP contribution in [0.3, 0.4) is 0 Å². The maximum Gasteiger partial charge on any atom is 0.0263 e. The Hall–Kier alpha value is -0.850. The van der Waals surface area contributed by atoms with Crippen molar-refractivity contribution >= 4 is 6.21 Å². The van der Waals surface area contributed by atoms with E-state index in [1.807, 2.05) is 32.9 Å². The molecule has 0 saturated heterocycles. The zero-order chi connectivity index (χ0) is 9.11. The normalized spacial score (nSPS) is 9.55. The van der Waals surface area contributed by atoms with Gasteiger partial charge in [0.05, 0.1) is 0 Å². The maximum absolute atomic E-state index is 3.89. The highest BCUT2D eigenvalue weighted by atomic mass is 14.6. The second-order valence-electron chi connectivity index (χ2n) is 1.99. The van der Waals surface area contributed by atoms with Crippen molar-refractivity contribution in [2.45, 2.75) is 34.6 Å². The molecule has 0 bridgehead atoms. The van der Waals surface area contributed by atoms with Crippen LogP contribution in [0.4, 0.5) is 0 Å². The highest BCUT2D eigenvalue weighted by molar-refractivity contribution is 5.54. The van der Waals surface area contributed by atoms with Gasteiger partial charge in [-0.05, 0) is 26.8 Å². The Kier molecular flexibility index (Phi) is 13.8. The van der Waals surface area contributed by atoms with Gasteiger partial charge in [-0.3, -0.25) is 4.99 Å². The highest BCUT2D eigenvalue weighted by Gasteiger charge is 1.67. The quantitative estimate of drug-likeness (QED) is 0.424. The first-order valence-corrected chi connectivity index (χ1v) is 4.05. The van der Waals surface area contributed by atoms with Crippen LogP contribution in [0.25, 0.3) is 0 Å². The molecular weight excluding hydrogens is 134 g/mol. The first kappa shape index (κ1) is 12.8. The zero-order valence-electron chi connectivity index (χ0n) is 8.26. The number of allylic oxidation sites excluding steroid dienone is 3. The Labute approximate surface area is 70.5 Å². The minimum atomic E-state index is 1.29. The van der Waals surface area contributed by atoms with Crippen LogP contribution in [-0.2, 0) is 0 Å². The van der Waals surface area contributed by atoms with Crippen LogP contribution in [0.2, 0.25) is 0 Å². The van der Waals surface area contributed by atoms with Gasteiger partial charge in [-0.1, -0.05) is 25.5 Å². The molecule has 0 aliphatic carbocycles. The molecule has 0 radical (unpaired) electrons. The lowest BCUT2D eigenvalue weighted by molar-refractivity contribution is 1.39. The van der Waals surface area contributed by atoms with Gasteiger partial charge in [-0.15, -0.1) is 0 Å². The molecule has 0 rings (SSSR count). The third-order valence-corrected chi connectivity index (χ3v) is 0.751. The first-order valence-electron chi connectivity index (χ1n) is 4.05. The summed E-state index contributed by atoms with van der Waals surface area (Å²) < 4.78 is 0. The lowest BCUT2D eigenvalue weighted by Crippen LogP contribution is -1.58. The zero-order valence-corrected chi connectivity index (χ0v) is 8.26. The molecule has 0 spiro atoms. The Morgan fingerprint density at radius 3 is 2.09 bits per heavy atom. The predicted molar refractivity (Wildman–Crippen MR) is 54.1 cm³/mol. The second-order valence-corrected chi connectivity index (χ2v) is 1.99. The Morgan fingerprint density at radius 2 is 1.73 bits per heavy atom. The fourth-order valence-corrected chi connectivity index (χ4v) is 0.371. The van der Waals surface area contributed by atoms with E-state index in [0.717, 1.165) is 0 Å². The van der Waals surface area contributed by atoms with Gasteiger partial charge in [0.15, 0.2) is 0 Å². The molecule has 0 amide bonds. The largest absolute Gasteiger partial charge is 0.269 e. The maximum atomic E-state index is 3.89. The molecule has 0 aliphatic heterocycles. The number of hydrogen-bond acceptors (Lipinski definition) is 1. The summed E-state index contributed by atoms with van der Waals surface area (Å²) in [5, 5.41) is 0.